The van der Waals surface area contributed by atoms with Crippen molar-refractivity contribution in [1.82, 2.24) is 5.32 Å². The number of carbonyl (C=O) groups is 1. The molecule has 1 N–H and O–H groups in total. The van der Waals surface area contributed by atoms with Crippen LogP contribution in [0.3, 0.4) is 0 Å². The van der Waals surface area contributed by atoms with Crippen LogP contribution in [-0.4, -0.2) is 18.3 Å². The fourth-order valence-electron chi connectivity index (χ4n) is 0.259. The van der Waals surface area contributed by atoms with Crippen LogP contribution in [0.2, 0.25) is 0 Å². The average molecular weight is 156 g/mol. The fraction of sp³-hybridized carbons (Fsp3) is 0.750. The van der Waals surface area contributed by atoms with E-state index in [1.807, 2.05) is 0 Å². The van der Waals surface area contributed by atoms with Crippen LogP contribution in [-0.2, 0) is 0 Å². The lowest BCUT2D eigenvalue weighted by atomic mass is 10.3. The van der Waals surface area contributed by atoms with E-state index in [-0.39, 0.29) is 0 Å². The molecule has 1 atom stereocenters. The summed E-state index contributed by atoms with van der Waals surface area (Å²) in [5.41, 5.74) is 0. The van der Waals surface area contributed by atoms with E-state index in [0.717, 1.165) is 5.32 Å². The molecule has 0 saturated carbocycles. The van der Waals surface area contributed by atoms with Crippen molar-refractivity contribution in [3.05, 3.63) is 0 Å². The fourth-order valence-corrected chi connectivity index (χ4v) is 0.259. The van der Waals surface area contributed by atoms with Crippen LogP contribution >= 0.6 is 0 Å². The van der Waals surface area contributed by atoms with Gasteiger partial charge in [0.15, 0.2) is 0 Å². The summed E-state index contributed by atoms with van der Waals surface area (Å²) < 4.78 is 34.4. The second-order valence-corrected chi connectivity index (χ2v) is 1.70. The number of halogens is 3. The molecule has 1 unspecified atom stereocenters. The standard InChI is InChI=1S/C4H6F3NO2/c1-2(4(5,6)7)8-3(9)10/h2,8H,1H3,(H,9,10)/p-1. The Morgan fingerprint density at radius 1 is 1.60 bits per heavy atom. The van der Waals surface area contributed by atoms with Crippen molar-refractivity contribution < 1.29 is 23.1 Å². The Labute approximate surface area is 54.8 Å². The summed E-state index contributed by atoms with van der Waals surface area (Å²) in [6, 6.07) is -2.07. The zero-order valence-corrected chi connectivity index (χ0v) is 5.03. The highest BCUT2D eigenvalue weighted by atomic mass is 19.4. The van der Waals surface area contributed by atoms with Gasteiger partial charge in [-0.3, -0.25) is 0 Å². The van der Waals surface area contributed by atoms with Gasteiger partial charge in [0, 0.05) is 0 Å². The maximum Gasteiger partial charge on any atom is 0.408 e. The number of hydrogen-bond acceptors (Lipinski definition) is 2. The highest BCUT2D eigenvalue weighted by Crippen LogP contribution is 2.18. The van der Waals surface area contributed by atoms with Gasteiger partial charge in [0.2, 0.25) is 0 Å². The molecule has 3 nitrogen and oxygen atoms in total. The van der Waals surface area contributed by atoms with Gasteiger partial charge in [-0.15, -0.1) is 0 Å². The van der Waals surface area contributed by atoms with E-state index < -0.39 is 18.3 Å². The molecule has 0 heterocycles. The summed E-state index contributed by atoms with van der Waals surface area (Å²) >= 11 is 0. The lowest BCUT2D eigenvalue weighted by molar-refractivity contribution is -0.256. The van der Waals surface area contributed by atoms with Crippen molar-refractivity contribution >= 4 is 6.09 Å². The number of rotatable bonds is 1. The van der Waals surface area contributed by atoms with Crippen molar-refractivity contribution in [3.63, 3.8) is 0 Å². The lowest BCUT2D eigenvalue weighted by Gasteiger charge is -2.17. The largest absolute Gasteiger partial charge is 0.530 e. The Balaban J connectivity index is 3.85. The van der Waals surface area contributed by atoms with E-state index in [0.29, 0.717) is 6.92 Å². The molecule has 0 rings (SSSR count). The first-order chi connectivity index (χ1) is 4.34. The summed E-state index contributed by atoms with van der Waals surface area (Å²) in [4.78, 5) is 9.53. The number of hydrogen-bond donors (Lipinski definition) is 1. The molecule has 0 aliphatic heterocycles. The van der Waals surface area contributed by atoms with Crippen molar-refractivity contribution in [2.45, 2.75) is 19.1 Å². The topological polar surface area (TPSA) is 52.2 Å². The first-order valence-corrected chi connectivity index (χ1v) is 2.38. The SMILES string of the molecule is CC(NC(=O)[O-])C(F)(F)F. The van der Waals surface area contributed by atoms with Crippen LogP contribution < -0.4 is 10.4 Å². The highest BCUT2D eigenvalue weighted by molar-refractivity contribution is 5.62. The van der Waals surface area contributed by atoms with Crippen molar-refractivity contribution in [2.75, 3.05) is 0 Å². The molecule has 6 heteroatoms. The van der Waals surface area contributed by atoms with E-state index in [2.05, 4.69) is 0 Å². The summed E-state index contributed by atoms with van der Waals surface area (Å²) in [6.45, 7) is 0.690. The summed E-state index contributed by atoms with van der Waals surface area (Å²) in [7, 11) is 0. The summed E-state index contributed by atoms with van der Waals surface area (Å²) in [6.07, 6.45) is -6.47. The van der Waals surface area contributed by atoms with E-state index in [1.165, 1.54) is 0 Å². The molecule has 1 amide bonds. The molecule has 0 fully saturated rings. The van der Waals surface area contributed by atoms with Crippen LogP contribution in [0.5, 0.6) is 0 Å². The predicted octanol–water partition coefficient (Wildman–Crippen LogP) is -0.130. The minimum Gasteiger partial charge on any atom is -0.530 e. The molecule has 0 aromatic heterocycles. The molecule has 0 radical (unpaired) electrons. The predicted molar refractivity (Wildman–Crippen MR) is 24.0 cm³/mol. The minimum absolute atomic E-state index is 0.690. The van der Waals surface area contributed by atoms with Gasteiger partial charge in [0.1, 0.15) is 12.1 Å². The van der Waals surface area contributed by atoms with E-state index in [4.69, 9.17) is 0 Å². The van der Waals surface area contributed by atoms with Crippen LogP contribution in [0.25, 0.3) is 0 Å². The second-order valence-electron chi connectivity index (χ2n) is 1.70. The molecule has 0 spiro atoms. The Morgan fingerprint density at radius 3 is 2.10 bits per heavy atom. The van der Waals surface area contributed by atoms with Gasteiger partial charge in [-0.2, -0.15) is 13.2 Å². The first kappa shape index (κ1) is 9.06. The van der Waals surface area contributed by atoms with Crippen molar-refractivity contribution in [2.24, 2.45) is 0 Å². The lowest BCUT2D eigenvalue weighted by Crippen LogP contribution is -2.48. The van der Waals surface area contributed by atoms with Crippen LogP contribution in [0.15, 0.2) is 0 Å². The maximum atomic E-state index is 11.5. The van der Waals surface area contributed by atoms with Gasteiger partial charge in [-0.05, 0) is 6.92 Å². The number of alkyl halides is 3. The summed E-state index contributed by atoms with van der Waals surface area (Å²) in [5.74, 6) is 0. The molecule has 0 aliphatic rings. The Morgan fingerprint density at radius 2 is 2.00 bits per heavy atom. The van der Waals surface area contributed by atoms with Gasteiger partial charge >= 0.3 is 6.18 Å². The van der Waals surface area contributed by atoms with Gasteiger partial charge < -0.3 is 15.2 Å². The van der Waals surface area contributed by atoms with Gasteiger partial charge in [0.05, 0.1) is 0 Å². The van der Waals surface area contributed by atoms with Gasteiger partial charge in [0.25, 0.3) is 0 Å². The highest BCUT2D eigenvalue weighted by Gasteiger charge is 2.35. The molecular formula is C4H5F3NO2-. The Kier molecular flexibility index (Phi) is 2.50. The molecule has 0 aromatic rings. The van der Waals surface area contributed by atoms with E-state index in [1.54, 1.807) is 0 Å². The van der Waals surface area contributed by atoms with E-state index in [9.17, 15) is 23.1 Å². The van der Waals surface area contributed by atoms with Crippen LogP contribution in [0.1, 0.15) is 6.92 Å². The third-order valence-corrected chi connectivity index (χ3v) is 0.825. The zero-order chi connectivity index (χ0) is 8.36. The smallest absolute Gasteiger partial charge is 0.408 e. The molecule has 0 aromatic carbocycles. The first-order valence-electron chi connectivity index (χ1n) is 2.38. The second kappa shape index (κ2) is 2.76. The van der Waals surface area contributed by atoms with E-state index >= 15 is 0 Å². The third-order valence-electron chi connectivity index (χ3n) is 0.825. The molecular weight excluding hydrogens is 151 g/mol. The maximum absolute atomic E-state index is 11.5. The quantitative estimate of drug-likeness (QED) is 0.574. The molecule has 0 aliphatic carbocycles. The van der Waals surface area contributed by atoms with Crippen molar-refractivity contribution in [3.8, 4) is 0 Å². The van der Waals surface area contributed by atoms with Crippen LogP contribution in [0, 0.1) is 0 Å². The zero-order valence-electron chi connectivity index (χ0n) is 5.03. The molecule has 10 heavy (non-hydrogen) atoms. The van der Waals surface area contributed by atoms with Gasteiger partial charge in [-0.1, -0.05) is 0 Å². The number of amides is 1. The number of carboxylic acid groups (broad SMARTS) is 1. The molecule has 60 valence electrons. The van der Waals surface area contributed by atoms with Crippen LogP contribution in [0.4, 0.5) is 18.0 Å². The van der Waals surface area contributed by atoms with Gasteiger partial charge in [-0.25, -0.2) is 0 Å². The monoisotopic (exact) mass is 156 g/mol. The minimum atomic E-state index is -4.54. The molecule has 0 bridgehead atoms. The van der Waals surface area contributed by atoms with Crippen molar-refractivity contribution in [1.29, 1.82) is 0 Å². The Hall–Kier alpha value is -0.940. The third kappa shape index (κ3) is 3.16. The normalized spacial score (nSPS) is 14.4. The Bertz CT molecular complexity index is 133. The molecule has 0 saturated heterocycles. The number of nitrogens with one attached hydrogen (secondary N) is 1. The number of carbonyl (C=O) groups excluding carboxylic acids is 1. The average Bonchev–Trinajstić information content (AvgIpc) is 1.60. The summed E-state index contributed by atoms with van der Waals surface area (Å²) in [5, 5.41) is 10.7.